The summed E-state index contributed by atoms with van der Waals surface area (Å²) < 4.78 is 1.31. The van der Waals surface area contributed by atoms with Crippen LogP contribution >= 0.6 is 11.3 Å². The zero-order valence-electron chi connectivity index (χ0n) is 36.0. The molecule has 1 aromatic heterocycles. The van der Waals surface area contributed by atoms with Crippen LogP contribution in [0.15, 0.2) is 109 Å². The normalized spacial score (nSPS) is 20.0. The molecule has 0 N–H and O–H groups in total. The van der Waals surface area contributed by atoms with E-state index in [0.717, 1.165) is 0 Å². The molecule has 2 aliphatic rings. The molecule has 1 aliphatic heterocycles. The number of anilines is 5. The topological polar surface area (TPSA) is 6.48 Å². The quantitative estimate of drug-likeness (QED) is 0.173. The fourth-order valence-electron chi connectivity index (χ4n) is 9.72. The highest BCUT2D eigenvalue weighted by Crippen LogP contribution is 2.62. The Labute approximate surface area is 341 Å². The van der Waals surface area contributed by atoms with E-state index in [1.165, 1.54) is 103 Å². The molecule has 1 saturated carbocycles. The Morgan fingerprint density at radius 1 is 0.625 bits per heavy atom. The molecule has 0 spiro atoms. The van der Waals surface area contributed by atoms with Gasteiger partial charge in [-0.2, -0.15) is 0 Å². The van der Waals surface area contributed by atoms with E-state index < -0.39 is 0 Å². The highest BCUT2D eigenvalue weighted by atomic mass is 32.1. The second-order valence-corrected chi connectivity index (χ2v) is 21.3. The van der Waals surface area contributed by atoms with Crippen molar-refractivity contribution in [2.24, 2.45) is 0 Å². The number of hydrogen-bond donors (Lipinski definition) is 0. The van der Waals surface area contributed by atoms with Gasteiger partial charge < -0.3 is 9.80 Å². The summed E-state index contributed by atoms with van der Waals surface area (Å²) in [5, 5.41) is 3.70. The highest BCUT2D eigenvalue weighted by molar-refractivity contribution is 7.17. The van der Waals surface area contributed by atoms with Crippen LogP contribution in [-0.4, -0.2) is 5.54 Å². The lowest BCUT2D eigenvalue weighted by atomic mass is 9.61. The lowest BCUT2D eigenvalue weighted by molar-refractivity contribution is 0.195. The Bertz CT molecular complexity index is 2430. The van der Waals surface area contributed by atoms with Gasteiger partial charge in [0.1, 0.15) is 0 Å². The first kappa shape index (κ1) is 38.5. The third-order valence-electron chi connectivity index (χ3n) is 13.4. The van der Waals surface area contributed by atoms with Crippen molar-refractivity contribution in [1.82, 2.24) is 0 Å². The molecule has 0 radical (unpaired) electrons. The monoisotopic (exact) mass is 758 g/mol. The van der Waals surface area contributed by atoms with Crippen molar-refractivity contribution in [3.63, 3.8) is 0 Å². The van der Waals surface area contributed by atoms with E-state index in [-0.39, 0.29) is 27.2 Å². The van der Waals surface area contributed by atoms with Crippen molar-refractivity contribution >= 4 is 49.9 Å². The number of nitrogens with zero attached hydrogens (tertiary/aromatic N) is 2. The summed E-state index contributed by atoms with van der Waals surface area (Å²) in [4.78, 5) is 5.34. The maximum Gasteiger partial charge on any atom is 0.0647 e. The molecule has 0 bridgehead atoms. The first-order valence-electron chi connectivity index (χ1n) is 20.9. The SMILES string of the molecule is Cc1cc(N(c2ccc(C(C)(C)C)cc2-c2ccccc2)c2csc3ccc(C(C)(C)C)cc23)cc(N2c3ccc(C(C)(C)C)cc3C3(C)CCCCC23C)c1. The number of fused-ring (bicyclic) bond motifs is 4. The van der Waals surface area contributed by atoms with Gasteiger partial charge in [-0.25, -0.2) is 0 Å². The Morgan fingerprint density at radius 3 is 1.95 bits per heavy atom. The van der Waals surface area contributed by atoms with Crippen LogP contribution in [0.3, 0.4) is 0 Å². The van der Waals surface area contributed by atoms with Crippen LogP contribution < -0.4 is 9.80 Å². The van der Waals surface area contributed by atoms with Gasteiger partial charge in [0.05, 0.1) is 16.9 Å². The molecule has 290 valence electrons. The smallest absolute Gasteiger partial charge is 0.0647 e. The number of rotatable bonds is 5. The minimum Gasteiger partial charge on any atom is -0.334 e. The average molecular weight is 759 g/mol. The molecule has 2 heterocycles. The molecular weight excluding hydrogens is 697 g/mol. The summed E-state index contributed by atoms with van der Waals surface area (Å²) in [6, 6.07) is 40.1. The standard InChI is InChI=1S/C53H62N2S/c1-35-28-40(33-41(29-35)55-46-24-21-39(51(8,9)10)32-44(46)52(11)26-16-17-27-53(52,55)12)54(47-34-56-48-25-22-38(31-43(47)48)50(5,6)7)45-23-20-37(49(2,3)4)30-42(45)36-18-14-13-15-19-36/h13-15,18-25,28-34H,16-17,26-27H2,1-12H3. The van der Waals surface area contributed by atoms with Gasteiger partial charge in [0.25, 0.3) is 0 Å². The Morgan fingerprint density at radius 2 is 1.25 bits per heavy atom. The Kier molecular flexibility index (Phi) is 9.20. The molecule has 56 heavy (non-hydrogen) atoms. The van der Waals surface area contributed by atoms with E-state index in [0.29, 0.717) is 0 Å². The van der Waals surface area contributed by atoms with Crippen LogP contribution in [0.4, 0.5) is 28.4 Å². The zero-order chi connectivity index (χ0) is 40.0. The summed E-state index contributed by atoms with van der Waals surface area (Å²) in [5.41, 5.74) is 15.8. The lowest BCUT2D eigenvalue weighted by Gasteiger charge is -2.50. The maximum atomic E-state index is 2.76. The predicted molar refractivity (Wildman–Crippen MR) is 246 cm³/mol. The van der Waals surface area contributed by atoms with Gasteiger partial charge in [0.2, 0.25) is 0 Å². The molecular formula is C53H62N2S. The van der Waals surface area contributed by atoms with Crippen molar-refractivity contribution in [2.45, 2.75) is 136 Å². The minimum atomic E-state index is -0.0414. The van der Waals surface area contributed by atoms with Gasteiger partial charge in [-0.1, -0.05) is 137 Å². The van der Waals surface area contributed by atoms with Crippen molar-refractivity contribution in [2.75, 3.05) is 9.80 Å². The summed E-state index contributed by atoms with van der Waals surface area (Å²) >= 11 is 1.85. The lowest BCUT2D eigenvalue weighted by Crippen LogP contribution is -2.54. The Balaban J connectivity index is 1.40. The van der Waals surface area contributed by atoms with Gasteiger partial charge in [-0.15, -0.1) is 11.3 Å². The molecule has 2 nitrogen and oxygen atoms in total. The molecule has 8 rings (SSSR count). The zero-order valence-corrected chi connectivity index (χ0v) is 36.8. The molecule has 0 saturated heterocycles. The molecule has 2 atom stereocenters. The summed E-state index contributed by atoms with van der Waals surface area (Å²) in [5.74, 6) is 0. The number of thiophene rings is 1. The highest BCUT2D eigenvalue weighted by Gasteiger charge is 2.57. The predicted octanol–water partition coefficient (Wildman–Crippen LogP) is 16.0. The van der Waals surface area contributed by atoms with E-state index in [4.69, 9.17) is 0 Å². The molecule has 5 aromatic carbocycles. The second kappa shape index (κ2) is 13.4. The number of benzene rings is 5. The van der Waals surface area contributed by atoms with Gasteiger partial charge in [-0.3, -0.25) is 0 Å². The molecule has 1 aliphatic carbocycles. The fourth-order valence-corrected chi connectivity index (χ4v) is 10.6. The molecule has 3 heteroatoms. The summed E-state index contributed by atoms with van der Waals surface area (Å²) in [6.45, 7) is 28.4. The van der Waals surface area contributed by atoms with E-state index >= 15 is 0 Å². The van der Waals surface area contributed by atoms with Gasteiger partial charge in [0.15, 0.2) is 0 Å². The van der Waals surface area contributed by atoms with Gasteiger partial charge in [0, 0.05) is 43.5 Å². The van der Waals surface area contributed by atoms with Crippen molar-refractivity contribution in [1.29, 1.82) is 0 Å². The summed E-state index contributed by atoms with van der Waals surface area (Å²) in [6.07, 6.45) is 4.92. The van der Waals surface area contributed by atoms with E-state index in [9.17, 15) is 0 Å². The number of aryl methyl sites for hydroxylation is 1. The van der Waals surface area contributed by atoms with Crippen LogP contribution in [0.5, 0.6) is 0 Å². The molecule has 0 amide bonds. The van der Waals surface area contributed by atoms with Crippen molar-refractivity contribution < 1.29 is 0 Å². The van der Waals surface area contributed by atoms with Crippen molar-refractivity contribution in [3.8, 4) is 11.1 Å². The van der Waals surface area contributed by atoms with Gasteiger partial charge >= 0.3 is 0 Å². The average Bonchev–Trinajstić information content (AvgIpc) is 3.64. The van der Waals surface area contributed by atoms with Crippen LogP contribution in [0.2, 0.25) is 0 Å². The molecule has 6 aromatic rings. The third kappa shape index (κ3) is 6.39. The largest absolute Gasteiger partial charge is 0.334 e. The van der Waals surface area contributed by atoms with Gasteiger partial charge in [-0.05, 0) is 125 Å². The Hall–Kier alpha value is -4.34. The fraction of sp³-hybridized carbons (Fsp3) is 0.396. The van der Waals surface area contributed by atoms with E-state index in [2.05, 4.69) is 201 Å². The van der Waals surface area contributed by atoms with Crippen LogP contribution in [0.25, 0.3) is 21.2 Å². The van der Waals surface area contributed by atoms with Crippen molar-refractivity contribution in [3.05, 3.63) is 136 Å². The maximum absolute atomic E-state index is 2.76. The summed E-state index contributed by atoms with van der Waals surface area (Å²) in [7, 11) is 0. The minimum absolute atomic E-state index is 0.0121. The first-order chi connectivity index (χ1) is 26.3. The van der Waals surface area contributed by atoms with Crippen LogP contribution in [0.1, 0.15) is 130 Å². The second-order valence-electron chi connectivity index (χ2n) is 20.4. The van der Waals surface area contributed by atoms with Crippen LogP contribution in [0, 0.1) is 6.92 Å². The van der Waals surface area contributed by atoms with E-state index in [1.54, 1.807) is 0 Å². The van der Waals surface area contributed by atoms with E-state index in [1.807, 2.05) is 11.3 Å². The third-order valence-corrected chi connectivity index (χ3v) is 14.3. The molecule has 1 fully saturated rings. The number of hydrogen-bond acceptors (Lipinski definition) is 3. The molecule has 2 unspecified atom stereocenters. The first-order valence-corrected chi connectivity index (χ1v) is 21.8. The van der Waals surface area contributed by atoms with Crippen LogP contribution in [-0.2, 0) is 21.7 Å².